The molecule has 30 heavy (non-hydrogen) atoms. The molecular weight excluding hydrogens is 386 g/mol. The van der Waals surface area contributed by atoms with Crippen molar-refractivity contribution in [1.29, 1.82) is 0 Å². The Morgan fingerprint density at radius 3 is 2.47 bits per heavy atom. The van der Waals surface area contributed by atoms with Crippen LogP contribution in [0.5, 0.6) is 0 Å². The molecule has 1 aliphatic heterocycles. The molecule has 0 aliphatic carbocycles. The molecule has 4 rings (SSSR count). The molecule has 1 N–H and O–H groups in total. The molecule has 0 atom stereocenters. The maximum Gasteiger partial charge on any atom is 0.282 e. The molecule has 0 radical (unpaired) electrons. The van der Waals surface area contributed by atoms with E-state index in [2.05, 4.69) is 25.2 Å². The molecule has 0 spiro atoms. The molecule has 1 saturated heterocycles. The van der Waals surface area contributed by atoms with Crippen LogP contribution >= 0.6 is 0 Å². The van der Waals surface area contributed by atoms with Crippen LogP contribution in [0.2, 0.25) is 0 Å². The Balaban J connectivity index is 1.42. The molecule has 2 aromatic heterocycles. The Hall–Kier alpha value is -4.08. The zero-order valence-corrected chi connectivity index (χ0v) is 16.0. The van der Waals surface area contributed by atoms with E-state index in [1.165, 1.54) is 18.5 Å². The monoisotopic (exact) mass is 405 g/mol. The SMILES string of the molecule is O=C(c1ccccc1[N+](=O)[O-])N1CCN(c2cc(Nc3ccccn3)ncn2)CC1. The molecule has 1 aliphatic rings. The smallest absolute Gasteiger partial charge is 0.282 e. The van der Waals surface area contributed by atoms with E-state index >= 15 is 0 Å². The second kappa shape index (κ2) is 8.52. The number of nitrogens with one attached hydrogen (secondary N) is 1. The van der Waals surface area contributed by atoms with Gasteiger partial charge in [-0.1, -0.05) is 18.2 Å². The summed E-state index contributed by atoms with van der Waals surface area (Å²) < 4.78 is 0. The molecule has 0 saturated carbocycles. The number of anilines is 3. The number of nitro groups is 1. The second-order valence-electron chi connectivity index (χ2n) is 6.65. The minimum atomic E-state index is -0.527. The van der Waals surface area contributed by atoms with Gasteiger partial charge in [0.1, 0.15) is 29.3 Å². The minimum Gasteiger partial charge on any atom is -0.353 e. The van der Waals surface area contributed by atoms with Crippen LogP contribution in [0.3, 0.4) is 0 Å². The van der Waals surface area contributed by atoms with Crippen molar-refractivity contribution in [1.82, 2.24) is 19.9 Å². The predicted molar refractivity (Wildman–Crippen MR) is 111 cm³/mol. The van der Waals surface area contributed by atoms with Crippen molar-refractivity contribution in [2.24, 2.45) is 0 Å². The van der Waals surface area contributed by atoms with E-state index < -0.39 is 4.92 Å². The number of carbonyl (C=O) groups excluding carboxylic acids is 1. The maximum absolute atomic E-state index is 12.8. The molecule has 0 bridgehead atoms. The number of piperazine rings is 1. The lowest BCUT2D eigenvalue weighted by atomic mass is 10.1. The van der Waals surface area contributed by atoms with E-state index in [1.807, 2.05) is 24.3 Å². The van der Waals surface area contributed by atoms with Crippen molar-refractivity contribution in [2.45, 2.75) is 0 Å². The van der Waals surface area contributed by atoms with E-state index in [4.69, 9.17) is 0 Å². The molecule has 10 heteroatoms. The Bertz CT molecular complexity index is 1050. The molecular formula is C20H19N7O3. The highest BCUT2D eigenvalue weighted by Gasteiger charge is 2.27. The summed E-state index contributed by atoms with van der Waals surface area (Å²) in [6, 6.07) is 13.4. The Morgan fingerprint density at radius 1 is 0.967 bits per heavy atom. The number of hydrogen-bond donors (Lipinski definition) is 1. The first kappa shape index (κ1) is 19.2. The number of nitro benzene ring substituents is 1. The second-order valence-corrected chi connectivity index (χ2v) is 6.65. The Labute approximate surface area is 172 Å². The van der Waals surface area contributed by atoms with Gasteiger partial charge in [-0.25, -0.2) is 15.0 Å². The zero-order valence-electron chi connectivity index (χ0n) is 16.0. The molecule has 152 valence electrons. The highest BCUT2D eigenvalue weighted by molar-refractivity contribution is 5.98. The van der Waals surface area contributed by atoms with Crippen LogP contribution in [0.1, 0.15) is 10.4 Å². The summed E-state index contributed by atoms with van der Waals surface area (Å²) >= 11 is 0. The number of nitrogens with zero attached hydrogens (tertiary/aromatic N) is 6. The third-order valence-electron chi connectivity index (χ3n) is 4.80. The molecule has 0 unspecified atom stereocenters. The van der Waals surface area contributed by atoms with Crippen LogP contribution in [0, 0.1) is 10.1 Å². The highest BCUT2D eigenvalue weighted by atomic mass is 16.6. The zero-order chi connectivity index (χ0) is 20.9. The van der Waals surface area contributed by atoms with Gasteiger partial charge in [0, 0.05) is 44.5 Å². The third-order valence-corrected chi connectivity index (χ3v) is 4.80. The lowest BCUT2D eigenvalue weighted by Gasteiger charge is -2.35. The summed E-state index contributed by atoms with van der Waals surface area (Å²) in [6.07, 6.45) is 3.17. The van der Waals surface area contributed by atoms with Gasteiger partial charge in [-0.2, -0.15) is 0 Å². The van der Waals surface area contributed by atoms with Crippen LogP contribution in [0.25, 0.3) is 0 Å². The number of carbonyl (C=O) groups is 1. The third kappa shape index (κ3) is 4.17. The number of hydrogen-bond acceptors (Lipinski definition) is 8. The van der Waals surface area contributed by atoms with Crippen LogP contribution < -0.4 is 10.2 Å². The summed E-state index contributed by atoms with van der Waals surface area (Å²) in [4.78, 5) is 39.9. The maximum atomic E-state index is 12.8. The average molecular weight is 405 g/mol. The number of para-hydroxylation sites is 1. The first-order valence-corrected chi connectivity index (χ1v) is 9.39. The summed E-state index contributed by atoms with van der Waals surface area (Å²) in [5.74, 6) is 1.71. The van der Waals surface area contributed by atoms with Crippen LogP contribution in [-0.4, -0.2) is 56.9 Å². The topological polar surface area (TPSA) is 117 Å². The number of rotatable bonds is 5. The van der Waals surface area contributed by atoms with Gasteiger partial charge in [0.25, 0.3) is 11.6 Å². The van der Waals surface area contributed by atoms with E-state index in [-0.39, 0.29) is 17.2 Å². The van der Waals surface area contributed by atoms with Gasteiger partial charge in [0.05, 0.1) is 4.92 Å². The summed E-state index contributed by atoms with van der Waals surface area (Å²) in [5.41, 5.74) is -0.0641. The van der Waals surface area contributed by atoms with Gasteiger partial charge in [-0.3, -0.25) is 14.9 Å². The quantitative estimate of drug-likeness (QED) is 0.508. The van der Waals surface area contributed by atoms with Gasteiger partial charge >= 0.3 is 0 Å². The van der Waals surface area contributed by atoms with Crippen molar-refractivity contribution in [2.75, 3.05) is 36.4 Å². The first-order valence-electron chi connectivity index (χ1n) is 9.39. The largest absolute Gasteiger partial charge is 0.353 e. The highest BCUT2D eigenvalue weighted by Crippen LogP contribution is 2.22. The number of amides is 1. The first-order chi connectivity index (χ1) is 14.6. The molecule has 1 amide bonds. The van der Waals surface area contributed by atoms with E-state index in [0.717, 1.165) is 5.82 Å². The Morgan fingerprint density at radius 2 is 1.73 bits per heavy atom. The lowest BCUT2D eigenvalue weighted by Crippen LogP contribution is -2.49. The van der Waals surface area contributed by atoms with Gasteiger partial charge < -0.3 is 15.1 Å². The molecule has 10 nitrogen and oxygen atoms in total. The summed E-state index contributed by atoms with van der Waals surface area (Å²) in [6.45, 7) is 2.01. The minimum absolute atomic E-state index is 0.111. The van der Waals surface area contributed by atoms with E-state index in [1.54, 1.807) is 23.2 Å². The molecule has 3 heterocycles. The molecule has 1 aromatic carbocycles. The van der Waals surface area contributed by atoms with Crippen molar-refractivity contribution in [3.05, 3.63) is 76.7 Å². The predicted octanol–water partition coefficient (Wildman–Crippen LogP) is 2.49. The van der Waals surface area contributed by atoms with Crippen molar-refractivity contribution >= 4 is 29.0 Å². The van der Waals surface area contributed by atoms with Crippen molar-refractivity contribution < 1.29 is 9.72 Å². The summed E-state index contributed by atoms with van der Waals surface area (Å²) in [7, 11) is 0. The van der Waals surface area contributed by atoms with Gasteiger partial charge in [0.15, 0.2) is 0 Å². The van der Waals surface area contributed by atoms with Crippen LogP contribution in [-0.2, 0) is 0 Å². The fourth-order valence-corrected chi connectivity index (χ4v) is 3.28. The van der Waals surface area contributed by atoms with Crippen LogP contribution in [0.15, 0.2) is 61.1 Å². The molecule has 1 fully saturated rings. The number of benzene rings is 1. The number of aromatic nitrogens is 3. The van der Waals surface area contributed by atoms with Crippen molar-refractivity contribution in [3.8, 4) is 0 Å². The summed E-state index contributed by atoms with van der Waals surface area (Å²) in [5, 5.41) is 14.3. The Kier molecular flexibility index (Phi) is 5.46. The van der Waals surface area contributed by atoms with Gasteiger partial charge in [-0.15, -0.1) is 0 Å². The van der Waals surface area contributed by atoms with Gasteiger partial charge in [0.2, 0.25) is 0 Å². The molecule has 3 aromatic rings. The average Bonchev–Trinajstić information content (AvgIpc) is 2.79. The fraction of sp³-hybridized carbons (Fsp3) is 0.200. The van der Waals surface area contributed by atoms with E-state index in [9.17, 15) is 14.9 Å². The van der Waals surface area contributed by atoms with E-state index in [0.29, 0.717) is 37.8 Å². The van der Waals surface area contributed by atoms with Gasteiger partial charge in [-0.05, 0) is 18.2 Å². The van der Waals surface area contributed by atoms with Crippen LogP contribution in [0.4, 0.5) is 23.1 Å². The normalized spacial score (nSPS) is 13.7. The standard InChI is InChI=1S/C20H19N7O3/c28-20(15-5-1-2-6-16(15)27(29)30)26-11-9-25(10-12-26)19-13-18(22-14-23-19)24-17-7-3-4-8-21-17/h1-8,13-14H,9-12H2,(H,21,22,23,24). The fourth-order valence-electron chi connectivity index (χ4n) is 3.28. The van der Waals surface area contributed by atoms with Crippen molar-refractivity contribution in [3.63, 3.8) is 0 Å². The lowest BCUT2D eigenvalue weighted by molar-refractivity contribution is -0.385. The number of pyridine rings is 1.